The molecule has 50 heavy (non-hydrogen) atoms. The van der Waals surface area contributed by atoms with Gasteiger partial charge in [-0.3, -0.25) is 19.1 Å². The molecule has 258 valence electrons. The average molecular weight is 714 g/mol. The monoisotopic (exact) mass is 712 g/mol. The summed E-state index contributed by atoms with van der Waals surface area (Å²) in [5.41, 5.74) is 8.13. The second-order valence-corrected chi connectivity index (χ2v) is 14.0. The molecule has 10 nitrogen and oxygen atoms in total. The highest BCUT2D eigenvalue weighted by Crippen LogP contribution is 2.46. The van der Waals surface area contributed by atoms with Crippen LogP contribution in [0.5, 0.6) is 5.75 Å². The Balaban J connectivity index is 1.39. The van der Waals surface area contributed by atoms with E-state index in [1.54, 1.807) is 25.2 Å². The van der Waals surface area contributed by atoms with Crippen LogP contribution in [-0.4, -0.2) is 53.2 Å². The summed E-state index contributed by atoms with van der Waals surface area (Å²) in [6.45, 7) is 10.4. The lowest BCUT2D eigenvalue weighted by Gasteiger charge is -2.39. The summed E-state index contributed by atoms with van der Waals surface area (Å²) >= 11 is 13.7. The van der Waals surface area contributed by atoms with E-state index in [0.29, 0.717) is 41.7 Å². The molecule has 0 saturated heterocycles. The van der Waals surface area contributed by atoms with Crippen LogP contribution in [0, 0.1) is 27.7 Å². The Morgan fingerprint density at radius 2 is 1.70 bits per heavy atom. The first kappa shape index (κ1) is 33.7. The first-order valence-electron chi connectivity index (χ1n) is 16.5. The van der Waals surface area contributed by atoms with Gasteiger partial charge in [-0.1, -0.05) is 47.5 Å². The lowest BCUT2D eigenvalue weighted by Crippen LogP contribution is -2.48. The Morgan fingerprint density at radius 1 is 1.00 bits per heavy atom. The van der Waals surface area contributed by atoms with Gasteiger partial charge >= 0.3 is 5.97 Å². The lowest BCUT2D eigenvalue weighted by atomic mass is 9.98. The number of hydrogen-bond donors (Lipinski definition) is 1. The van der Waals surface area contributed by atoms with Crippen molar-refractivity contribution in [2.75, 3.05) is 11.5 Å². The Hall–Kier alpha value is -4.80. The fourth-order valence-corrected chi connectivity index (χ4v) is 7.98. The zero-order chi connectivity index (χ0) is 35.8. The van der Waals surface area contributed by atoms with E-state index < -0.39 is 17.5 Å². The van der Waals surface area contributed by atoms with E-state index in [-0.39, 0.29) is 11.6 Å². The largest absolute Gasteiger partial charge is 0.494 e. The number of para-hydroxylation sites is 1. The molecule has 1 aliphatic heterocycles. The standard InChI is InChI=1S/C38H38Cl2N6O4/c1-19-17-24(18-20(2)32(19)39)50-16-10-13-26-25-11-8-12-27(30-21(3)41-43(6)22(30)4)34(25)45-23(5)36(40)46(37(47)35(26)45)29-15-9-14-28-31(29)33(38(48)49)42-44(28)7/h8-9,11-12,14-15,17-18,23,36H,10,13,16H2,1-7H3,(H,48,49)/t23-,36?/m1/s1. The van der Waals surface area contributed by atoms with E-state index in [0.717, 1.165) is 60.9 Å². The van der Waals surface area contributed by atoms with Gasteiger partial charge in [0.2, 0.25) is 0 Å². The van der Waals surface area contributed by atoms with Crippen LogP contribution in [0.1, 0.15) is 68.4 Å². The highest BCUT2D eigenvalue weighted by atomic mass is 35.5. The number of ether oxygens (including phenoxy) is 1. The van der Waals surface area contributed by atoms with Crippen molar-refractivity contribution in [3.05, 3.63) is 93.0 Å². The maximum atomic E-state index is 15.0. The van der Waals surface area contributed by atoms with Gasteiger partial charge < -0.3 is 14.4 Å². The Morgan fingerprint density at radius 3 is 2.36 bits per heavy atom. The van der Waals surface area contributed by atoms with Crippen LogP contribution in [0.15, 0.2) is 48.5 Å². The minimum atomic E-state index is -1.18. The number of fused-ring (bicyclic) bond motifs is 4. The van der Waals surface area contributed by atoms with Crippen LogP contribution in [0.2, 0.25) is 5.02 Å². The maximum absolute atomic E-state index is 15.0. The van der Waals surface area contributed by atoms with Gasteiger partial charge in [-0.15, -0.1) is 0 Å². The number of amides is 1. The molecule has 4 heterocycles. The molecule has 6 aromatic rings. The smallest absolute Gasteiger partial charge is 0.357 e. The number of aryl methyl sites for hydroxylation is 6. The molecule has 0 saturated carbocycles. The van der Waals surface area contributed by atoms with E-state index in [4.69, 9.17) is 33.0 Å². The molecule has 1 aliphatic rings. The molecular weight excluding hydrogens is 675 g/mol. The summed E-state index contributed by atoms with van der Waals surface area (Å²) in [5, 5.41) is 21.1. The van der Waals surface area contributed by atoms with Gasteiger partial charge in [0, 0.05) is 41.3 Å². The maximum Gasteiger partial charge on any atom is 0.357 e. The fraction of sp³-hybridized carbons (Fsp3) is 0.316. The van der Waals surface area contributed by atoms with E-state index in [1.165, 1.54) is 9.58 Å². The van der Waals surface area contributed by atoms with Crippen LogP contribution < -0.4 is 9.64 Å². The third-order valence-corrected chi connectivity index (χ3v) is 11.1. The summed E-state index contributed by atoms with van der Waals surface area (Å²) in [4.78, 5) is 28.9. The molecule has 3 aromatic carbocycles. The van der Waals surface area contributed by atoms with Crippen molar-refractivity contribution in [1.29, 1.82) is 0 Å². The van der Waals surface area contributed by atoms with Gasteiger partial charge in [0.25, 0.3) is 5.91 Å². The average Bonchev–Trinajstić information content (AvgIpc) is 3.69. The number of carboxylic acid groups (broad SMARTS) is 1. The Kier molecular flexibility index (Phi) is 8.43. The summed E-state index contributed by atoms with van der Waals surface area (Å²) in [6, 6.07) is 15.0. The van der Waals surface area contributed by atoms with Crippen molar-refractivity contribution in [3.8, 4) is 16.9 Å². The molecule has 0 radical (unpaired) electrons. The number of aromatic nitrogens is 5. The number of halogens is 2. The molecule has 1 amide bonds. The van der Waals surface area contributed by atoms with Gasteiger partial charge in [0.05, 0.1) is 40.4 Å². The third-order valence-electron chi connectivity index (χ3n) is 9.95. The van der Waals surface area contributed by atoms with E-state index in [2.05, 4.69) is 21.8 Å². The predicted octanol–water partition coefficient (Wildman–Crippen LogP) is 8.31. The summed E-state index contributed by atoms with van der Waals surface area (Å²) in [5.74, 6) is -0.741. The van der Waals surface area contributed by atoms with Crippen molar-refractivity contribution in [2.24, 2.45) is 14.1 Å². The number of carbonyl (C=O) groups is 2. The van der Waals surface area contributed by atoms with Crippen LogP contribution in [0.4, 0.5) is 5.69 Å². The molecule has 1 N–H and O–H groups in total. The van der Waals surface area contributed by atoms with E-state index in [9.17, 15) is 9.90 Å². The van der Waals surface area contributed by atoms with Crippen molar-refractivity contribution >= 4 is 62.6 Å². The first-order valence-corrected chi connectivity index (χ1v) is 17.4. The number of aromatic carboxylic acids is 1. The molecular formula is C38H38Cl2N6O4. The number of hydrogen-bond acceptors (Lipinski definition) is 5. The number of benzene rings is 3. The summed E-state index contributed by atoms with van der Waals surface area (Å²) < 4.78 is 11.7. The number of anilines is 1. The molecule has 0 fully saturated rings. The number of alkyl halides is 1. The van der Waals surface area contributed by atoms with Crippen LogP contribution in [0.3, 0.4) is 0 Å². The van der Waals surface area contributed by atoms with Gasteiger partial charge in [0.1, 0.15) is 16.9 Å². The minimum Gasteiger partial charge on any atom is -0.494 e. The van der Waals surface area contributed by atoms with Crippen molar-refractivity contribution in [1.82, 2.24) is 24.1 Å². The van der Waals surface area contributed by atoms with E-state index in [1.807, 2.05) is 64.5 Å². The highest BCUT2D eigenvalue weighted by Gasteiger charge is 2.42. The third kappa shape index (κ3) is 5.15. The van der Waals surface area contributed by atoms with Crippen molar-refractivity contribution in [3.63, 3.8) is 0 Å². The molecule has 2 atom stereocenters. The van der Waals surface area contributed by atoms with Crippen LogP contribution in [0.25, 0.3) is 32.9 Å². The molecule has 12 heteroatoms. The fourth-order valence-electron chi connectivity index (χ4n) is 7.57. The molecule has 0 bridgehead atoms. The van der Waals surface area contributed by atoms with Crippen LogP contribution in [-0.2, 0) is 20.5 Å². The Labute approximate surface area is 299 Å². The second kappa shape index (κ2) is 12.5. The number of carboxylic acids is 1. The quantitative estimate of drug-likeness (QED) is 0.0966. The van der Waals surface area contributed by atoms with Gasteiger partial charge in [-0.05, 0) is 88.4 Å². The molecule has 3 aromatic heterocycles. The number of carbonyl (C=O) groups excluding carboxylic acids is 1. The molecule has 7 rings (SSSR count). The zero-order valence-electron chi connectivity index (χ0n) is 29.0. The van der Waals surface area contributed by atoms with Gasteiger partial charge in [-0.25, -0.2) is 4.79 Å². The number of nitrogens with zero attached hydrogens (tertiary/aromatic N) is 6. The first-order chi connectivity index (χ1) is 23.8. The molecule has 0 spiro atoms. The lowest BCUT2D eigenvalue weighted by molar-refractivity contribution is 0.0691. The minimum absolute atomic E-state index is 0.136. The van der Waals surface area contributed by atoms with Gasteiger partial charge in [0.15, 0.2) is 5.69 Å². The molecule has 1 unspecified atom stereocenters. The molecule has 0 aliphatic carbocycles. The summed E-state index contributed by atoms with van der Waals surface area (Å²) in [6.07, 6.45) is 1.19. The van der Waals surface area contributed by atoms with E-state index >= 15 is 4.79 Å². The second-order valence-electron chi connectivity index (χ2n) is 13.1. The highest BCUT2D eigenvalue weighted by molar-refractivity contribution is 6.32. The van der Waals surface area contributed by atoms with Crippen molar-refractivity contribution < 1.29 is 19.4 Å². The topological polar surface area (TPSA) is 107 Å². The van der Waals surface area contributed by atoms with Crippen LogP contribution >= 0.6 is 23.2 Å². The Bertz CT molecular complexity index is 2350. The zero-order valence-corrected chi connectivity index (χ0v) is 30.5. The predicted molar refractivity (Wildman–Crippen MR) is 197 cm³/mol. The SMILES string of the molecule is Cc1cc(OCCCc2c3n(c4c(-c5c(C)nn(C)c5C)cccc24)[C@H](C)C(Cl)N(c2cccc4c2c(C(=O)O)nn4C)C3=O)cc(C)c1Cl. The normalized spacial score (nSPS) is 16.1. The van der Waals surface area contributed by atoms with Gasteiger partial charge in [-0.2, -0.15) is 10.2 Å². The van der Waals surface area contributed by atoms with Crippen molar-refractivity contribution in [2.45, 2.75) is 59.0 Å². The number of rotatable bonds is 8. The summed E-state index contributed by atoms with van der Waals surface area (Å²) in [7, 11) is 3.62.